The number of hydrogen-bond acceptors (Lipinski definition) is 10. The van der Waals surface area contributed by atoms with Crippen LogP contribution in [0.25, 0.3) is 0 Å². The number of benzene rings is 1. The van der Waals surface area contributed by atoms with Crippen LogP contribution in [-0.2, 0) is 19.1 Å². The van der Waals surface area contributed by atoms with E-state index in [9.17, 15) is 14.0 Å². The quantitative estimate of drug-likeness (QED) is 0.303. The molecule has 1 aliphatic heterocycles. The van der Waals surface area contributed by atoms with Crippen molar-refractivity contribution in [2.45, 2.75) is 45.9 Å². The zero-order valence-corrected chi connectivity index (χ0v) is 22.1. The Morgan fingerprint density at radius 1 is 1.32 bits per heavy atom. The Labute approximate surface area is 215 Å². The van der Waals surface area contributed by atoms with E-state index in [-0.39, 0.29) is 11.7 Å². The third kappa shape index (κ3) is 7.31. The Kier molecular flexibility index (Phi) is 10.6. The number of esters is 2. The third-order valence-corrected chi connectivity index (χ3v) is 5.79. The monoisotopic (exact) mass is 567 g/mol. The fraction of sp³-hybridized carbons (Fsp3) is 0.333. The van der Waals surface area contributed by atoms with Crippen LogP contribution in [0.1, 0.15) is 44.3 Å². The normalized spacial score (nSPS) is 16.0. The van der Waals surface area contributed by atoms with Crippen LogP contribution in [0, 0.1) is 5.82 Å². The molecule has 0 saturated carbocycles. The number of aliphatic imine (C=N–C) groups is 1. The van der Waals surface area contributed by atoms with E-state index >= 15 is 0 Å². The van der Waals surface area contributed by atoms with Crippen molar-refractivity contribution in [3.63, 3.8) is 0 Å². The maximum absolute atomic E-state index is 13.7. The summed E-state index contributed by atoms with van der Waals surface area (Å²) in [6.45, 7) is 6.57. The van der Waals surface area contributed by atoms with E-state index in [2.05, 4.69) is 56.0 Å². The van der Waals surface area contributed by atoms with Crippen molar-refractivity contribution in [1.29, 1.82) is 0 Å². The van der Waals surface area contributed by atoms with Gasteiger partial charge in [-0.2, -0.15) is 0 Å². The molecular weight excluding hydrogens is 546 g/mol. The molecule has 3 rings (SSSR count). The van der Waals surface area contributed by atoms with E-state index in [1.165, 1.54) is 30.4 Å². The minimum atomic E-state index is -1.10. The predicted molar refractivity (Wildman–Crippen MR) is 135 cm³/mol. The van der Waals surface area contributed by atoms with Crippen LogP contribution in [0.5, 0.6) is 0 Å². The van der Waals surface area contributed by atoms with E-state index in [1.54, 1.807) is 33.0 Å². The Bertz CT molecular complexity index is 1110. The van der Waals surface area contributed by atoms with Gasteiger partial charge in [0.25, 0.3) is 0 Å². The van der Waals surface area contributed by atoms with Crippen LogP contribution in [0.2, 0.25) is 0 Å². The number of hydrogen-bond donors (Lipinski definition) is 2. The number of thiol groups is 1. The van der Waals surface area contributed by atoms with Crippen LogP contribution in [0.4, 0.5) is 4.39 Å². The van der Waals surface area contributed by atoms with Crippen molar-refractivity contribution in [1.82, 2.24) is 10.3 Å². The van der Waals surface area contributed by atoms with Gasteiger partial charge in [-0.3, -0.25) is 4.99 Å². The van der Waals surface area contributed by atoms with Crippen LogP contribution >= 0.6 is 40.1 Å². The van der Waals surface area contributed by atoms with E-state index in [0.29, 0.717) is 26.6 Å². The summed E-state index contributed by atoms with van der Waals surface area (Å²) in [5.41, 5.74) is 1.27. The molecule has 2 aromatic rings. The number of nitrogens with zero attached hydrogens (tertiary/aromatic N) is 3. The summed E-state index contributed by atoms with van der Waals surface area (Å²) in [7, 11) is 4.34. The second kappa shape index (κ2) is 12.9. The first-order valence-corrected chi connectivity index (χ1v) is 12.0. The summed E-state index contributed by atoms with van der Waals surface area (Å²) in [6, 6.07) is 3.35. The molecule has 0 unspecified atom stereocenters. The second-order valence-corrected chi connectivity index (χ2v) is 9.18. The van der Waals surface area contributed by atoms with Crippen LogP contribution in [-0.4, -0.2) is 42.6 Å². The Morgan fingerprint density at radius 2 is 2.00 bits per heavy atom. The van der Waals surface area contributed by atoms with Gasteiger partial charge in [0.1, 0.15) is 11.9 Å². The summed E-state index contributed by atoms with van der Waals surface area (Å²) >= 11 is 7.94. The molecule has 0 fully saturated rings. The molecule has 1 radical (unpaired) electrons. The summed E-state index contributed by atoms with van der Waals surface area (Å²) < 4.78 is 27.3. The molecule has 8 nitrogen and oxygen atoms in total. The molecule has 1 aliphatic rings. The molecule has 1 N–H and O–H groups in total. The molecule has 0 amide bonds. The van der Waals surface area contributed by atoms with E-state index in [1.807, 2.05) is 5.38 Å². The van der Waals surface area contributed by atoms with Crippen LogP contribution in [0.15, 0.2) is 54.8 Å². The number of ether oxygens (including phenoxy) is 2. The molecule has 2 atom stereocenters. The molecule has 0 saturated heterocycles. The maximum atomic E-state index is 13.7. The van der Waals surface area contributed by atoms with E-state index in [0.717, 1.165) is 0 Å². The standard InChI is InChI=1S/C21H21BrFN3O4S.BHNS/c1-10(2)29-20(27)12(4)30-21(28)16-11(3)25-18(19-24-7-8-31-19)26-17(16)14-6-5-13(23)9-15(14)22;1-2-3/h5-10,12,17H,1-4H3,(H,25,26);3H/t12-,17-;/m0./s1. The van der Waals surface area contributed by atoms with Gasteiger partial charge in [0.2, 0.25) is 0 Å². The minimum absolute atomic E-state index is 0.205. The summed E-state index contributed by atoms with van der Waals surface area (Å²) in [5, 5.41) is 5.54. The zero-order valence-electron chi connectivity index (χ0n) is 18.8. The number of amidine groups is 1. The third-order valence-electron chi connectivity index (χ3n) is 4.32. The van der Waals surface area contributed by atoms with Crippen molar-refractivity contribution in [2.24, 2.45) is 9.29 Å². The first-order valence-electron chi connectivity index (χ1n) is 9.95. The molecule has 13 heteroatoms. The molecule has 0 spiro atoms. The molecular formula is C21H22BBrFN4O4S2. The molecule has 0 bridgehead atoms. The van der Waals surface area contributed by atoms with Gasteiger partial charge in [-0.1, -0.05) is 22.0 Å². The summed E-state index contributed by atoms with van der Waals surface area (Å²) in [5.74, 6) is -1.31. The zero-order chi connectivity index (χ0) is 25.4. The fourth-order valence-corrected chi connectivity index (χ4v) is 4.09. The van der Waals surface area contributed by atoms with Gasteiger partial charge in [0.15, 0.2) is 16.9 Å². The molecule has 1 aromatic heterocycles. The Morgan fingerprint density at radius 3 is 2.56 bits per heavy atom. The molecule has 1 aromatic carbocycles. The molecule has 179 valence electrons. The van der Waals surface area contributed by atoms with Gasteiger partial charge in [-0.15, -0.1) is 11.3 Å². The number of thiazole rings is 1. The molecule has 0 aliphatic carbocycles. The van der Waals surface area contributed by atoms with Crippen LogP contribution in [0.3, 0.4) is 0 Å². The van der Waals surface area contributed by atoms with E-state index < -0.39 is 29.9 Å². The topological polar surface area (TPSA) is 102 Å². The number of carbonyl (C=O) groups is 2. The first kappa shape index (κ1) is 27.9. The fourth-order valence-electron chi connectivity index (χ4n) is 2.94. The average molecular weight is 568 g/mol. The molecule has 34 heavy (non-hydrogen) atoms. The van der Waals surface area contributed by atoms with Crippen molar-refractivity contribution in [2.75, 3.05) is 0 Å². The number of allylic oxidation sites excluding steroid dienone is 1. The van der Waals surface area contributed by atoms with Gasteiger partial charge in [-0.25, -0.2) is 19.0 Å². The van der Waals surface area contributed by atoms with Crippen molar-refractivity contribution in [3.05, 3.63) is 61.9 Å². The first-order chi connectivity index (χ1) is 16.1. The number of rotatable bonds is 6. The summed E-state index contributed by atoms with van der Waals surface area (Å²) in [6.07, 6.45) is 0.217. The number of aromatic nitrogens is 1. The van der Waals surface area contributed by atoms with Crippen LogP contribution < -0.4 is 5.32 Å². The SMILES string of the molecule is CC1=C(C(=O)O[C@@H](C)C(=O)OC(C)C)[C@H](c2ccc(F)cc2Br)N=C(c2nccs2)N1.[B]=NS. The molecule has 2 heterocycles. The van der Waals surface area contributed by atoms with Gasteiger partial charge in [0.05, 0.1) is 11.7 Å². The summed E-state index contributed by atoms with van der Waals surface area (Å²) in [4.78, 5) is 34.1. The second-order valence-electron chi connectivity index (χ2n) is 7.20. The van der Waals surface area contributed by atoms with Gasteiger partial charge >= 0.3 is 36.7 Å². The number of halogens is 2. The van der Waals surface area contributed by atoms with Crippen molar-refractivity contribution >= 4 is 65.5 Å². The van der Waals surface area contributed by atoms with Gasteiger partial charge < -0.3 is 14.8 Å². The average Bonchev–Trinajstić information content (AvgIpc) is 3.28. The van der Waals surface area contributed by atoms with Crippen molar-refractivity contribution in [3.8, 4) is 0 Å². The van der Waals surface area contributed by atoms with Gasteiger partial charge in [0, 0.05) is 21.7 Å². The van der Waals surface area contributed by atoms with E-state index in [4.69, 9.17) is 9.47 Å². The number of nitrogens with one attached hydrogen (secondary N) is 1. The predicted octanol–water partition coefficient (Wildman–Crippen LogP) is 4.48. The van der Waals surface area contributed by atoms with Crippen molar-refractivity contribution < 1.29 is 23.5 Å². The van der Waals surface area contributed by atoms with Gasteiger partial charge in [-0.05, 0) is 45.4 Å². The Hall–Kier alpha value is -2.38. The Balaban J connectivity index is 0.00000129. The number of carbonyl (C=O) groups excluding carboxylic acids is 2.